The van der Waals surface area contributed by atoms with Crippen molar-refractivity contribution >= 4 is 63.1 Å². The van der Waals surface area contributed by atoms with Gasteiger partial charge in [-0.2, -0.15) is 0 Å². The van der Waals surface area contributed by atoms with Crippen molar-refractivity contribution in [1.29, 1.82) is 0 Å². The molecule has 0 bridgehead atoms. The van der Waals surface area contributed by atoms with E-state index in [0.717, 1.165) is 60.5 Å². The lowest BCUT2D eigenvalue weighted by atomic mass is 9.59. The highest BCUT2D eigenvalue weighted by molar-refractivity contribution is 7.98. The number of H-pyrrole nitrogens is 1. The molecule has 59 heavy (non-hydrogen) atoms. The molecule has 1 spiro atoms. The van der Waals surface area contributed by atoms with Gasteiger partial charge >= 0.3 is 0 Å². The molecule has 14 heteroatoms. The van der Waals surface area contributed by atoms with Crippen LogP contribution in [0.3, 0.4) is 0 Å². The van der Waals surface area contributed by atoms with Gasteiger partial charge < -0.3 is 35.1 Å². The van der Waals surface area contributed by atoms with E-state index in [1.165, 1.54) is 48.5 Å². The third kappa shape index (κ3) is 9.82. The second-order valence-electron chi connectivity index (χ2n) is 15.7. The van der Waals surface area contributed by atoms with Crippen molar-refractivity contribution in [2.45, 2.75) is 43.4 Å². The number of ether oxygens (including phenoxy) is 3. The first-order chi connectivity index (χ1) is 28.8. The van der Waals surface area contributed by atoms with Crippen LogP contribution < -0.4 is 25.4 Å². The van der Waals surface area contributed by atoms with Gasteiger partial charge in [-0.3, -0.25) is 14.4 Å². The molecular formula is C45H51ClFN7O4S. The van der Waals surface area contributed by atoms with Gasteiger partial charge in [-0.1, -0.05) is 35.7 Å². The van der Waals surface area contributed by atoms with E-state index in [0.29, 0.717) is 72.5 Å². The molecule has 3 aromatic carbocycles. The average molecular weight is 840 g/mol. The summed E-state index contributed by atoms with van der Waals surface area (Å²) in [4.78, 5) is 26.6. The van der Waals surface area contributed by atoms with E-state index in [9.17, 15) is 4.79 Å². The number of carbonyl (C=O) groups excluding carboxylic acids is 1. The normalized spacial score (nSPS) is 16.7. The SMILES string of the molecule is COCCOCCNc1ccc(SNC(=O)c2cc(F)c(N3CCN(CC4=C(c5ccc(Cl)cc5)CC5(CCC5)CC4)CC3)cc2Oc2cnc3[nH]ccc3c2)cc1N. The number of nitrogens with one attached hydrogen (secondary N) is 3. The molecular weight excluding hydrogens is 789 g/mol. The summed E-state index contributed by atoms with van der Waals surface area (Å²) in [5.74, 6) is -0.333. The molecule has 310 valence electrons. The second kappa shape index (κ2) is 18.6. The average Bonchev–Trinajstić information content (AvgIpc) is 3.71. The zero-order chi connectivity index (χ0) is 40.8. The van der Waals surface area contributed by atoms with Crippen LogP contribution in [0.5, 0.6) is 11.5 Å². The summed E-state index contributed by atoms with van der Waals surface area (Å²) >= 11 is 7.37. The number of aromatic amines is 1. The van der Waals surface area contributed by atoms with Gasteiger partial charge in [-0.25, -0.2) is 9.37 Å². The molecule has 1 saturated heterocycles. The minimum atomic E-state index is -0.508. The Labute approximate surface area is 353 Å². The summed E-state index contributed by atoms with van der Waals surface area (Å²) in [5, 5.41) is 4.87. The van der Waals surface area contributed by atoms with Gasteiger partial charge in [-0.15, -0.1) is 0 Å². The van der Waals surface area contributed by atoms with Crippen LogP contribution >= 0.6 is 23.5 Å². The number of hydrogen-bond donors (Lipinski definition) is 4. The van der Waals surface area contributed by atoms with Crippen molar-refractivity contribution in [3.63, 3.8) is 0 Å². The molecule has 2 fully saturated rings. The van der Waals surface area contributed by atoms with Gasteiger partial charge in [0.15, 0.2) is 0 Å². The number of halogens is 2. The fraction of sp³-hybridized carbons (Fsp3) is 0.378. The molecule has 0 atom stereocenters. The number of amides is 1. The fourth-order valence-corrected chi connectivity index (χ4v) is 9.15. The van der Waals surface area contributed by atoms with Crippen LogP contribution in [-0.4, -0.2) is 87.0 Å². The molecule has 1 saturated carbocycles. The molecule has 0 unspecified atom stereocenters. The number of carbonyl (C=O) groups is 1. The highest BCUT2D eigenvalue weighted by Crippen LogP contribution is 2.55. The monoisotopic (exact) mass is 839 g/mol. The lowest BCUT2D eigenvalue weighted by Crippen LogP contribution is -2.47. The van der Waals surface area contributed by atoms with E-state index >= 15 is 4.39 Å². The summed E-state index contributed by atoms with van der Waals surface area (Å²) < 4.78 is 35.9. The Morgan fingerprint density at radius 1 is 1.02 bits per heavy atom. The molecule has 1 aliphatic heterocycles. The highest BCUT2D eigenvalue weighted by Gasteiger charge is 2.41. The predicted molar refractivity (Wildman–Crippen MR) is 235 cm³/mol. The minimum absolute atomic E-state index is 0.0643. The number of piperazine rings is 1. The molecule has 3 heterocycles. The molecule has 11 nitrogen and oxygen atoms in total. The molecule has 5 N–H and O–H groups in total. The number of pyridine rings is 1. The number of allylic oxidation sites excluding steroid dienone is 1. The number of benzene rings is 3. The summed E-state index contributed by atoms with van der Waals surface area (Å²) in [6.45, 7) is 5.88. The molecule has 0 radical (unpaired) electrons. The third-order valence-electron chi connectivity index (χ3n) is 11.8. The van der Waals surface area contributed by atoms with Gasteiger partial charge in [0.1, 0.15) is 23.0 Å². The number of nitrogens with zero attached hydrogens (tertiary/aromatic N) is 3. The largest absolute Gasteiger partial charge is 0.455 e. The fourth-order valence-electron chi connectivity index (χ4n) is 8.38. The van der Waals surface area contributed by atoms with Crippen LogP contribution in [-0.2, 0) is 9.47 Å². The molecule has 5 aromatic rings. The first-order valence-corrected chi connectivity index (χ1v) is 21.5. The number of methoxy groups -OCH3 is 1. The van der Waals surface area contributed by atoms with Crippen molar-refractivity contribution < 1.29 is 23.4 Å². The zero-order valence-electron chi connectivity index (χ0n) is 33.3. The number of hydrogen-bond acceptors (Lipinski definition) is 10. The van der Waals surface area contributed by atoms with Crippen LogP contribution in [0.2, 0.25) is 5.02 Å². The number of aromatic nitrogens is 2. The van der Waals surface area contributed by atoms with E-state index in [1.807, 2.05) is 41.3 Å². The maximum Gasteiger partial charge on any atom is 0.265 e. The Morgan fingerprint density at radius 3 is 2.61 bits per heavy atom. The minimum Gasteiger partial charge on any atom is -0.455 e. The van der Waals surface area contributed by atoms with E-state index in [2.05, 4.69) is 37.0 Å². The number of nitrogens with two attached hydrogens (primary N) is 1. The van der Waals surface area contributed by atoms with Gasteiger partial charge in [0.2, 0.25) is 0 Å². The molecule has 8 rings (SSSR count). The van der Waals surface area contributed by atoms with E-state index in [4.69, 9.17) is 31.5 Å². The van der Waals surface area contributed by atoms with Crippen molar-refractivity contribution in [3.8, 4) is 11.5 Å². The van der Waals surface area contributed by atoms with Gasteiger partial charge in [0, 0.05) is 73.9 Å². The first kappa shape index (κ1) is 41.0. The smallest absolute Gasteiger partial charge is 0.265 e. The summed E-state index contributed by atoms with van der Waals surface area (Å²) in [6.07, 6.45) is 10.9. The quantitative estimate of drug-likeness (QED) is 0.0434. The maximum atomic E-state index is 16.2. The molecule has 1 amide bonds. The zero-order valence-corrected chi connectivity index (χ0v) is 34.9. The van der Waals surface area contributed by atoms with E-state index in [1.54, 1.807) is 31.6 Å². The Balaban J connectivity index is 0.960. The van der Waals surface area contributed by atoms with Crippen LogP contribution in [0.1, 0.15) is 54.4 Å². The number of anilines is 3. The number of fused-ring (bicyclic) bond motifs is 1. The van der Waals surface area contributed by atoms with Crippen molar-refractivity contribution in [2.24, 2.45) is 5.41 Å². The lowest BCUT2D eigenvalue weighted by Gasteiger charge is -2.47. The summed E-state index contributed by atoms with van der Waals surface area (Å²) in [6, 6.07) is 20.4. The Kier molecular flexibility index (Phi) is 12.9. The van der Waals surface area contributed by atoms with Gasteiger partial charge in [0.25, 0.3) is 5.91 Å². The Bertz CT molecular complexity index is 2290. The van der Waals surface area contributed by atoms with E-state index in [-0.39, 0.29) is 11.3 Å². The van der Waals surface area contributed by atoms with Crippen LogP contribution in [0.15, 0.2) is 89.6 Å². The van der Waals surface area contributed by atoms with Crippen molar-refractivity contribution in [3.05, 3.63) is 107 Å². The second-order valence-corrected chi connectivity index (χ2v) is 17.0. The Morgan fingerprint density at radius 2 is 1.85 bits per heavy atom. The summed E-state index contributed by atoms with van der Waals surface area (Å²) in [7, 11) is 1.63. The summed E-state index contributed by atoms with van der Waals surface area (Å²) in [5.41, 5.74) is 13.5. The highest BCUT2D eigenvalue weighted by atomic mass is 35.5. The Hall–Kier alpha value is -4.79. The number of nitrogen functional groups attached to an aromatic ring is 1. The van der Waals surface area contributed by atoms with Crippen LogP contribution in [0.25, 0.3) is 16.6 Å². The van der Waals surface area contributed by atoms with Crippen LogP contribution in [0.4, 0.5) is 21.5 Å². The van der Waals surface area contributed by atoms with Crippen LogP contribution in [0, 0.1) is 11.2 Å². The number of rotatable bonds is 16. The molecule has 2 aliphatic carbocycles. The predicted octanol–water partition coefficient (Wildman–Crippen LogP) is 9.17. The third-order valence-corrected chi connectivity index (χ3v) is 12.9. The molecule has 3 aliphatic rings. The first-order valence-electron chi connectivity index (χ1n) is 20.3. The van der Waals surface area contributed by atoms with E-state index < -0.39 is 11.7 Å². The lowest BCUT2D eigenvalue weighted by molar-refractivity contribution is 0.0759. The maximum absolute atomic E-state index is 16.2. The van der Waals surface area contributed by atoms with Gasteiger partial charge in [-0.05, 0) is 109 Å². The van der Waals surface area contributed by atoms with Crippen molar-refractivity contribution in [2.75, 3.05) is 82.1 Å². The van der Waals surface area contributed by atoms with Crippen molar-refractivity contribution in [1.82, 2.24) is 19.6 Å². The standard InChI is InChI=1S/C45H51ClFN7O4S/c1-56-21-22-57-20-15-49-40-8-7-35(24-39(40)48)59-52-44(55)36-25-38(47)41(26-42(36)58-34-23-31-10-14-50-43(31)51-28-34)54-18-16-53(17-19-54)29-32-9-13-45(11-2-12-45)27-37(32)30-3-5-33(46)6-4-30/h3-8,10,14,23-26,28,49H,2,9,11-13,15-22,27,29,48H2,1H3,(H,50,51)(H,52,55). The molecule has 2 aromatic heterocycles. The van der Waals surface area contributed by atoms with Gasteiger partial charge in [0.05, 0.1) is 48.6 Å². The topological polar surface area (TPSA) is 130 Å².